The van der Waals surface area contributed by atoms with E-state index in [1.54, 1.807) is 0 Å². The summed E-state index contributed by atoms with van der Waals surface area (Å²) in [6.07, 6.45) is 4.30. The van der Waals surface area contributed by atoms with Crippen LogP contribution in [-0.4, -0.2) is 47.7 Å². The average molecular weight is 456 g/mol. The van der Waals surface area contributed by atoms with E-state index in [0.29, 0.717) is 25.4 Å². The number of unbranched alkanes of at least 4 members (excludes halogenated alkanes) is 1. The van der Waals surface area contributed by atoms with Gasteiger partial charge in [-0.3, -0.25) is 4.79 Å². The van der Waals surface area contributed by atoms with Crippen LogP contribution < -0.4 is 11.1 Å². The minimum atomic E-state index is -0.615. The number of nitrogens with two attached hydrogens (primary N) is 1. The first kappa shape index (κ1) is 25.3. The van der Waals surface area contributed by atoms with Crippen molar-refractivity contribution in [3.05, 3.63) is 41.0 Å². The number of hydrogen-bond acceptors (Lipinski definition) is 4. The Morgan fingerprint density at radius 3 is 2.61 bits per heavy atom. The van der Waals surface area contributed by atoms with Crippen molar-refractivity contribution in [1.29, 1.82) is 0 Å². The van der Waals surface area contributed by atoms with E-state index in [2.05, 4.69) is 43.4 Å². The topological polar surface area (TPSA) is 84.7 Å². The third kappa shape index (κ3) is 6.38. The molecule has 0 aromatic heterocycles. The van der Waals surface area contributed by atoms with Crippen LogP contribution in [0.2, 0.25) is 0 Å². The Balaban J connectivity index is 1.84. The lowest BCUT2D eigenvalue weighted by molar-refractivity contribution is -0.135. The molecule has 0 fully saturated rings. The first-order chi connectivity index (χ1) is 15.6. The SMILES string of the molecule is CC(C)CC1C2=C(CCN1C(=O)[C@H](CCCCN)NC(=O)OC(C)(C)C)c1ccccc1C2. The molecule has 0 saturated heterocycles. The Bertz CT molecular complexity index is 885. The molecule has 2 atom stereocenters. The Morgan fingerprint density at radius 1 is 1.21 bits per heavy atom. The second-order valence-corrected chi connectivity index (χ2v) is 10.7. The number of amides is 2. The molecule has 0 radical (unpaired) electrons. The lowest BCUT2D eigenvalue weighted by Crippen LogP contribution is -2.54. The minimum Gasteiger partial charge on any atom is -0.444 e. The summed E-state index contributed by atoms with van der Waals surface area (Å²) < 4.78 is 5.46. The predicted octanol–water partition coefficient (Wildman–Crippen LogP) is 4.67. The van der Waals surface area contributed by atoms with E-state index in [4.69, 9.17) is 10.5 Å². The molecule has 3 N–H and O–H groups in total. The van der Waals surface area contributed by atoms with Gasteiger partial charge in [0.1, 0.15) is 11.6 Å². The minimum absolute atomic E-state index is 0.00830. The average Bonchev–Trinajstić information content (AvgIpc) is 3.10. The largest absolute Gasteiger partial charge is 0.444 e. The maximum absolute atomic E-state index is 13.8. The molecular formula is C27H41N3O3. The molecule has 6 nitrogen and oxygen atoms in total. The summed E-state index contributed by atoms with van der Waals surface area (Å²) in [5.74, 6) is 0.446. The quantitative estimate of drug-likeness (QED) is 0.558. The zero-order valence-electron chi connectivity index (χ0n) is 20.9. The highest BCUT2D eigenvalue weighted by Gasteiger charge is 2.39. The lowest BCUT2D eigenvalue weighted by atomic mass is 9.87. The molecule has 0 spiro atoms. The fraction of sp³-hybridized carbons (Fsp3) is 0.630. The number of nitrogens with one attached hydrogen (secondary N) is 1. The number of alkyl carbamates (subject to hydrolysis) is 1. The third-order valence-corrected chi connectivity index (χ3v) is 6.41. The van der Waals surface area contributed by atoms with Crippen molar-refractivity contribution in [3.63, 3.8) is 0 Å². The van der Waals surface area contributed by atoms with E-state index >= 15 is 0 Å². The van der Waals surface area contributed by atoms with Crippen molar-refractivity contribution >= 4 is 17.6 Å². The van der Waals surface area contributed by atoms with E-state index in [0.717, 1.165) is 32.1 Å². The molecule has 6 heteroatoms. The number of carbonyl (C=O) groups is 2. The Morgan fingerprint density at radius 2 is 1.94 bits per heavy atom. The zero-order chi connectivity index (χ0) is 24.2. The van der Waals surface area contributed by atoms with Gasteiger partial charge in [0.15, 0.2) is 0 Å². The number of fused-ring (bicyclic) bond motifs is 2. The lowest BCUT2D eigenvalue weighted by Gasteiger charge is -2.40. The van der Waals surface area contributed by atoms with Crippen LogP contribution >= 0.6 is 0 Å². The van der Waals surface area contributed by atoms with E-state index in [1.165, 1.54) is 22.3 Å². The number of carbonyl (C=O) groups excluding carboxylic acids is 2. The second-order valence-electron chi connectivity index (χ2n) is 10.7. The Labute approximate surface area is 198 Å². The molecule has 1 heterocycles. The molecule has 1 unspecified atom stereocenters. The molecule has 182 valence electrons. The maximum atomic E-state index is 13.8. The smallest absolute Gasteiger partial charge is 0.408 e. The molecule has 2 aliphatic rings. The summed E-state index contributed by atoms with van der Waals surface area (Å²) in [7, 11) is 0. The third-order valence-electron chi connectivity index (χ3n) is 6.41. The maximum Gasteiger partial charge on any atom is 0.408 e. The summed E-state index contributed by atoms with van der Waals surface area (Å²) in [5.41, 5.74) is 10.6. The Kier molecular flexibility index (Phi) is 8.22. The molecule has 3 rings (SSSR count). The van der Waals surface area contributed by atoms with Crippen molar-refractivity contribution in [2.75, 3.05) is 13.1 Å². The van der Waals surface area contributed by atoms with Crippen LogP contribution in [-0.2, 0) is 16.0 Å². The first-order valence-corrected chi connectivity index (χ1v) is 12.4. The first-order valence-electron chi connectivity index (χ1n) is 12.4. The predicted molar refractivity (Wildman–Crippen MR) is 133 cm³/mol. The Hall–Kier alpha value is -2.34. The molecule has 1 aromatic rings. The van der Waals surface area contributed by atoms with E-state index < -0.39 is 17.7 Å². The molecule has 33 heavy (non-hydrogen) atoms. The van der Waals surface area contributed by atoms with Gasteiger partial charge in [0.2, 0.25) is 5.91 Å². The van der Waals surface area contributed by atoms with Crippen molar-refractivity contribution in [3.8, 4) is 0 Å². The van der Waals surface area contributed by atoms with Crippen LogP contribution in [0.4, 0.5) is 4.79 Å². The number of hydrogen-bond donors (Lipinski definition) is 2. The van der Waals surface area contributed by atoms with Gasteiger partial charge in [-0.15, -0.1) is 0 Å². The van der Waals surface area contributed by atoms with E-state index in [1.807, 2.05) is 25.7 Å². The standard InChI is InChI=1S/C27H41N3O3/c1-18(2)16-24-22-17-19-10-6-7-11-20(19)21(22)13-15-30(24)25(31)23(12-8-9-14-28)29-26(32)33-27(3,4)5/h6-7,10-11,18,23-24H,8-9,12-17,28H2,1-5H3,(H,29,32)/t23-,24?/m0/s1. The van der Waals surface area contributed by atoms with Gasteiger partial charge < -0.3 is 20.7 Å². The zero-order valence-corrected chi connectivity index (χ0v) is 20.9. The molecular weight excluding hydrogens is 414 g/mol. The molecule has 0 saturated carbocycles. The normalized spacial score (nSPS) is 18.8. The highest BCUT2D eigenvalue weighted by molar-refractivity contribution is 5.88. The van der Waals surface area contributed by atoms with Crippen LogP contribution in [0, 0.1) is 5.92 Å². The van der Waals surface area contributed by atoms with Crippen LogP contribution in [0.1, 0.15) is 77.8 Å². The van der Waals surface area contributed by atoms with Crippen molar-refractivity contribution in [1.82, 2.24) is 10.2 Å². The van der Waals surface area contributed by atoms with Crippen LogP contribution in [0.15, 0.2) is 29.8 Å². The fourth-order valence-electron chi connectivity index (χ4n) is 5.02. The van der Waals surface area contributed by atoms with E-state index in [9.17, 15) is 9.59 Å². The van der Waals surface area contributed by atoms with Gasteiger partial charge in [-0.05, 0) is 94.0 Å². The summed E-state index contributed by atoms with van der Waals surface area (Å²) in [6.45, 7) is 11.1. The highest BCUT2D eigenvalue weighted by atomic mass is 16.6. The second kappa shape index (κ2) is 10.7. The van der Waals surface area contributed by atoms with Crippen molar-refractivity contribution < 1.29 is 14.3 Å². The van der Waals surface area contributed by atoms with Gasteiger partial charge in [0.25, 0.3) is 0 Å². The van der Waals surface area contributed by atoms with Gasteiger partial charge in [-0.2, -0.15) is 0 Å². The van der Waals surface area contributed by atoms with Crippen molar-refractivity contribution in [2.24, 2.45) is 11.7 Å². The number of rotatable bonds is 8. The fourth-order valence-corrected chi connectivity index (χ4v) is 5.02. The molecule has 0 bridgehead atoms. The number of nitrogens with zero attached hydrogens (tertiary/aromatic N) is 1. The van der Waals surface area contributed by atoms with Gasteiger partial charge in [0, 0.05) is 6.54 Å². The summed E-state index contributed by atoms with van der Waals surface area (Å²) in [4.78, 5) is 28.4. The number of benzene rings is 1. The van der Waals surface area contributed by atoms with E-state index in [-0.39, 0.29) is 11.9 Å². The number of ether oxygens (including phenoxy) is 1. The van der Waals surface area contributed by atoms with Crippen molar-refractivity contribution in [2.45, 2.75) is 90.8 Å². The molecule has 1 aliphatic heterocycles. The van der Waals surface area contributed by atoms with Crippen LogP contribution in [0.5, 0.6) is 0 Å². The van der Waals surface area contributed by atoms with Gasteiger partial charge in [-0.25, -0.2) is 4.79 Å². The van der Waals surface area contributed by atoms with Gasteiger partial charge in [-0.1, -0.05) is 38.1 Å². The molecule has 1 aliphatic carbocycles. The monoisotopic (exact) mass is 455 g/mol. The molecule has 2 amide bonds. The van der Waals surface area contributed by atoms with Gasteiger partial charge >= 0.3 is 6.09 Å². The highest BCUT2D eigenvalue weighted by Crippen LogP contribution is 2.42. The van der Waals surface area contributed by atoms with Crippen LogP contribution in [0.3, 0.4) is 0 Å². The summed E-state index contributed by atoms with van der Waals surface area (Å²) >= 11 is 0. The van der Waals surface area contributed by atoms with Gasteiger partial charge in [0.05, 0.1) is 6.04 Å². The molecule has 1 aromatic carbocycles. The summed E-state index contributed by atoms with van der Waals surface area (Å²) in [5, 5.41) is 2.87. The summed E-state index contributed by atoms with van der Waals surface area (Å²) in [6, 6.07) is 8.06. The van der Waals surface area contributed by atoms with Crippen LogP contribution in [0.25, 0.3) is 5.57 Å².